The van der Waals surface area contributed by atoms with Gasteiger partial charge in [0.05, 0.1) is 17.3 Å². The van der Waals surface area contributed by atoms with Gasteiger partial charge in [-0.25, -0.2) is 0 Å². The summed E-state index contributed by atoms with van der Waals surface area (Å²) in [4.78, 5) is 11.4. The number of amides is 1. The van der Waals surface area contributed by atoms with Gasteiger partial charge in [-0.05, 0) is 38.5 Å². The normalized spacial score (nSPS) is 10.5. The van der Waals surface area contributed by atoms with Crippen molar-refractivity contribution in [2.24, 2.45) is 0 Å². The predicted octanol–water partition coefficient (Wildman–Crippen LogP) is 3.24. The van der Waals surface area contributed by atoms with Gasteiger partial charge in [0.1, 0.15) is 0 Å². The van der Waals surface area contributed by atoms with Crippen LogP contribution in [-0.4, -0.2) is 18.5 Å². The summed E-state index contributed by atoms with van der Waals surface area (Å²) in [6.45, 7) is 5.88. The topological polar surface area (TPSA) is 41.1 Å². The number of aryl methyl sites for hydroxylation is 1. The van der Waals surface area contributed by atoms with Gasteiger partial charge in [0.15, 0.2) is 0 Å². The Hall–Kier alpha value is -0.930. The van der Waals surface area contributed by atoms with Crippen molar-refractivity contribution in [3.63, 3.8) is 0 Å². The van der Waals surface area contributed by atoms with Gasteiger partial charge < -0.3 is 10.6 Å². The number of halogens is 2. The van der Waals surface area contributed by atoms with Crippen LogP contribution in [0.25, 0.3) is 0 Å². The Kier molecular flexibility index (Phi) is 5.09. The monoisotopic (exact) mass is 274 g/mol. The summed E-state index contributed by atoms with van der Waals surface area (Å²) in [5, 5.41) is 6.92. The quantitative estimate of drug-likeness (QED) is 0.885. The third-order valence-electron chi connectivity index (χ3n) is 2.14. The minimum absolute atomic E-state index is 0.0761. The molecular formula is C12H16Cl2N2O. The Labute approximate surface area is 111 Å². The van der Waals surface area contributed by atoms with Crippen LogP contribution in [0.3, 0.4) is 0 Å². The molecule has 1 amide bonds. The molecule has 0 aliphatic carbocycles. The van der Waals surface area contributed by atoms with E-state index >= 15 is 0 Å². The molecular weight excluding hydrogens is 259 g/mol. The third-order valence-corrected chi connectivity index (χ3v) is 2.86. The molecule has 0 atom stereocenters. The fraction of sp³-hybridized carbons (Fsp3) is 0.417. The highest BCUT2D eigenvalue weighted by Crippen LogP contribution is 2.28. The largest absolute Gasteiger partial charge is 0.375 e. The standard InChI is InChI=1S/C12H16Cl2N2O/c1-7(2)16-12(17)6-15-11-5-9(13)8(3)4-10(11)14/h4-5,7,15H,6H2,1-3H3,(H,16,17). The van der Waals surface area contributed by atoms with Crippen molar-refractivity contribution in [1.29, 1.82) is 0 Å². The van der Waals surface area contributed by atoms with Gasteiger partial charge in [0, 0.05) is 11.1 Å². The molecule has 94 valence electrons. The molecule has 1 aromatic rings. The van der Waals surface area contributed by atoms with Crippen molar-refractivity contribution in [2.45, 2.75) is 26.8 Å². The minimum Gasteiger partial charge on any atom is -0.375 e. The number of benzene rings is 1. The highest BCUT2D eigenvalue weighted by molar-refractivity contribution is 6.35. The van der Waals surface area contributed by atoms with E-state index in [9.17, 15) is 4.79 Å². The van der Waals surface area contributed by atoms with Gasteiger partial charge in [0.25, 0.3) is 0 Å². The second kappa shape index (κ2) is 6.12. The second-order valence-corrected chi connectivity index (χ2v) is 4.97. The van der Waals surface area contributed by atoms with Crippen LogP contribution in [0.1, 0.15) is 19.4 Å². The summed E-state index contributed by atoms with van der Waals surface area (Å²) in [5.41, 5.74) is 1.58. The van der Waals surface area contributed by atoms with Crippen LogP contribution < -0.4 is 10.6 Å². The number of hydrogen-bond donors (Lipinski definition) is 2. The Morgan fingerprint density at radius 3 is 2.53 bits per heavy atom. The zero-order valence-corrected chi connectivity index (χ0v) is 11.6. The Morgan fingerprint density at radius 1 is 1.29 bits per heavy atom. The molecule has 2 N–H and O–H groups in total. The number of rotatable bonds is 4. The molecule has 0 fully saturated rings. The Balaban J connectivity index is 2.63. The molecule has 0 saturated carbocycles. The van der Waals surface area contributed by atoms with E-state index in [1.807, 2.05) is 20.8 Å². The zero-order valence-electron chi connectivity index (χ0n) is 10.1. The van der Waals surface area contributed by atoms with Crippen molar-refractivity contribution in [3.05, 3.63) is 27.7 Å². The number of carbonyl (C=O) groups excluding carboxylic acids is 1. The molecule has 0 aliphatic heterocycles. The van der Waals surface area contributed by atoms with Gasteiger partial charge in [-0.1, -0.05) is 23.2 Å². The number of carbonyl (C=O) groups is 1. The predicted molar refractivity (Wildman–Crippen MR) is 73.0 cm³/mol. The zero-order chi connectivity index (χ0) is 13.0. The number of nitrogens with one attached hydrogen (secondary N) is 2. The SMILES string of the molecule is Cc1cc(Cl)c(NCC(=O)NC(C)C)cc1Cl. The number of anilines is 1. The van der Waals surface area contributed by atoms with Crippen molar-refractivity contribution >= 4 is 34.8 Å². The third kappa shape index (κ3) is 4.44. The van der Waals surface area contributed by atoms with Gasteiger partial charge in [-0.2, -0.15) is 0 Å². The van der Waals surface area contributed by atoms with Crippen LogP contribution in [0.5, 0.6) is 0 Å². The lowest BCUT2D eigenvalue weighted by Gasteiger charge is -2.12. The molecule has 1 aromatic carbocycles. The summed E-state index contributed by atoms with van der Waals surface area (Å²) < 4.78 is 0. The van der Waals surface area contributed by atoms with Gasteiger partial charge in [-0.3, -0.25) is 4.79 Å². The molecule has 0 unspecified atom stereocenters. The van der Waals surface area contributed by atoms with E-state index in [0.29, 0.717) is 15.7 Å². The fourth-order valence-corrected chi connectivity index (χ4v) is 1.78. The summed E-state index contributed by atoms with van der Waals surface area (Å²) in [5.74, 6) is -0.0761. The number of hydrogen-bond acceptors (Lipinski definition) is 2. The molecule has 0 radical (unpaired) electrons. The van der Waals surface area contributed by atoms with Crippen LogP contribution in [0.4, 0.5) is 5.69 Å². The minimum atomic E-state index is -0.0761. The van der Waals surface area contributed by atoms with E-state index in [0.717, 1.165) is 5.56 Å². The molecule has 0 bridgehead atoms. The van der Waals surface area contributed by atoms with E-state index in [1.165, 1.54) is 0 Å². The van der Waals surface area contributed by atoms with Crippen LogP contribution in [0, 0.1) is 6.92 Å². The van der Waals surface area contributed by atoms with Crippen molar-refractivity contribution in [2.75, 3.05) is 11.9 Å². The second-order valence-electron chi connectivity index (χ2n) is 4.16. The molecule has 3 nitrogen and oxygen atoms in total. The fourth-order valence-electron chi connectivity index (χ4n) is 1.33. The highest BCUT2D eigenvalue weighted by Gasteiger charge is 2.07. The molecule has 0 spiro atoms. The first-order chi connectivity index (χ1) is 7.90. The Bertz CT molecular complexity index is 419. The highest BCUT2D eigenvalue weighted by atomic mass is 35.5. The maximum Gasteiger partial charge on any atom is 0.239 e. The summed E-state index contributed by atoms with van der Waals surface area (Å²) >= 11 is 12.0. The lowest BCUT2D eigenvalue weighted by atomic mass is 10.2. The van der Waals surface area contributed by atoms with Gasteiger partial charge in [-0.15, -0.1) is 0 Å². The van der Waals surface area contributed by atoms with Crippen LogP contribution in [0.2, 0.25) is 10.0 Å². The average Bonchev–Trinajstić information content (AvgIpc) is 2.20. The average molecular weight is 275 g/mol. The van der Waals surface area contributed by atoms with Crippen LogP contribution in [-0.2, 0) is 4.79 Å². The smallest absolute Gasteiger partial charge is 0.239 e. The lowest BCUT2D eigenvalue weighted by molar-refractivity contribution is -0.119. The lowest BCUT2D eigenvalue weighted by Crippen LogP contribution is -2.34. The van der Waals surface area contributed by atoms with E-state index in [1.54, 1.807) is 12.1 Å². The van der Waals surface area contributed by atoms with E-state index < -0.39 is 0 Å². The Morgan fingerprint density at radius 2 is 1.94 bits per heavy atom. The molecule has 0 saturated heterocycles. The molecule has 0 aromatic heterocycles. The molecule has 0 aliphatic rings. The molecule has 0 heterocycles. The summed E-state index contributed by atoms with van der Waals surface area (Å²) in [6.07, 6.45) is 0. The maximum atomic E-state index is 11.4. The van der Waals surface area contributed by atoms with Crippen molar-refractivity contribution in [1.82, 2.24) is 5.32 Å². The van der Waals surface area contributed by atoms with E-state index in [2.05, 4.69) is 10.6 Å². The first kappa shape index (κ1) is 14.1. The first-order valence-corrected chi connectivity index (χ1v) is 6.14. The molecule has 17 heavy (non-hydrogen) atoms. The van der Waals surface area contributed by atoms with Crippen molar-refractivity contribution < 1.29 is 4.79 Å². The van der Waals surface area contributed by atoms with Crippen LogP contribution in [0.15, 0.2) is 12.1 Å². The maximum absolute atomic E-state index is 11.4. The molecule has 5 heteroatoms. The van der Waals surface area contributed by atoms with Gasteiger partial charge in [0.2, 0.25) is 5.91 Å². The van der Waals surface area contributed by atoms with Crippen molar-refractivity contribution in [3.8, 4) is 0 Å². The molecule has 1 rings (SSSR count). The van der Waals surface area contributed by atoms with E-state index in [-0.39, 0.29) is 18.5 Å². The summed E-state index contributed by atoms with van der Waals surface area (Å²) in [7, 11) is 0. The van der Waals surface area contributed by atoms with Gasteiger partial charge >= 0.3 is 0 Å². The first-order valence-electron chi connectivity index (χ1n) is 5.39. The van der Waals surface area contributed by atoms with E-state index in [4.69, 9.17) is 23.2 Å². The van der Waals surface area contributed by atoms with Crippen LogP contribution >= 0.6 is 23.2 Å². The summed E-state index contributed by atoms with van der Waals surface area (Å²) in [6, 6.07) is 3.62.